The molecular formula is C13H28N2O. The van der Waals surface area contributed by atoms with Gasteiger partial charge in [-0.3, -0.25) is 0 Å². The minimum atomic E-state index is 0.104. The van der Waals surface area contributed by atoms with Crippen molar-refractivity contribution in [2.24, 2.45) is 5.92 Å². The second kappa shape index (κ2) is 9.49. The molecule has 0 heterocycles. The van der Waals surface area contributed by atoms with Crippen molar-refractivity contribution in [3.8, 4) is 0 Å². The summed E-state index contributed by atoms with van der Waals surface area (Å²) in [6, 6.07) is 0.104. The molecule has 0 spiro atoms. The van der Waals surface area contributed by atoms with Crippen molar-refractivity contribution >= 4 is 6.03 Å². The topological polar surface area (TPSA) is 32.3 Å². The van der Waals surface area contributed by atoms with Crippen molar-refractivity contribution in [1.82, 2.24) is 10.2 Å². The molecule has 0 rings (SSSR count). The van der Waals surface area contributed by atoms with E-state index in [0.29, 0.717) is 0 Å². The van der Waals surface area contributed by atoms with E-state index < -0.39 is 0 Å². The van der Waals surface area contributed by atoms with Crippen LogP contribution in [0.15, 0.2) is 0 Å². The molecule has 0 aromatic rings. The second-order valence-electron chi connectivity index (χ2n) is 4.76. The van der Waals surface area contributed by atoms with Crippen molar-refractivity contribution < 1.29 is 4.79 Å². The van der Waals surface area contributed by atoms with Crippen LogP contribution in [-0.2, 0) is 0 Å². The average Bonchev–Trinajstić information content (AvgIpc) is 2.23. The first-order chi connectivity index (χ1) is 7.61. The van der Waals surface area contributed by atoms with Gasteiger partial charge in [0.05, 0.1) is 0 Å². The number of carbonyl (C=O) groups is 1. The molecule has 2 amide bonds. The second-order valence-corrected chi connectivity index (χ2v) is 4.76. The van der Waals surface area contributed by atoms with E-state index in [0.717, 1.165) is 44.8 Å². The van der Waals surface area contributed by atoms with E-state index in [9.17, 15) is 4.79 Å². The van der Waals surface area contributed by atoms with Crippen LogP contribution in [0.5, 0.6) is 0 Å². The molecule has 0 saturated heterocycles. The molecule has 0 bridgehead atoms. The van der Waals surface area contributed by atoms with Crippen LogP contribution in [0.4, 0.5) is 4.79 Å². The number of rotatable bonds is 8. The Morgan fingerprint density at radius 1 is 1.19 bits per heavy atom. The summed E-state index contributed by atoms with van der Waals surface area (Å²) in [5, 5.41) is 2.99. The van der Waals surface area contributed by atoms with Crippen molar-refractivity contribution in [3.63, 3.8) is 0 Å². The molecule has 3 heteroatoms. The molecule has 0 saturated carbocycles. The van der Waals surface area contributed by atoms with E-state index in [-0.39, 0.29) is 6.03 Å². The Morgan fingerprint density at radius 3 is 2.19 bits per heavy atom. The van der Waals surface area contributed by atoms with Gasteiger partial charge in [0, 0.05) is 19.6 Å². The third kappa shape index (κ3) is 7.55. The summed E-state index contributed by atoms with van der Waals surface area (Å²) in [4.78, 5) is 13.7. The number of amides is 2. The molecule has 1 N–H and O–H groups in total. The van der Waals surface area contributed by atoms with Crippen molar-refractivity contribution in [3.05, 3.63) is 0 Å². The van der Waals surface area contributed by atoms with Crippen molar-refractivity contribution in [2.75, 3.05) is 19.6 Å². The first-order valence-corrected chi connectivity index (χ1v) is 6.64. The first kappa shape index (κ1) is 15.3. The van der Waals surface area contributed by atoms with Crippen LogP contribution in [0.2, 0.25) is 0 Å². The zero-order valence-corrected chi connectivity index (χ0v) is 11.4. The largest absolute Gasteiger partial charge is 0.338 e. The summed E-state index contributed by atoms with van der Waals surface area (Å²) in [7, 11) is 0. The van der Waals surface area contributed by atoms with E-state index in [1.807, 2.05) is 4.90 Å². The maximum absolute atomic E-state index is 11.8. The van der Waals surface area contributed by atoms with Gasteiger partial charge in [0.25, 0.3) is 0 Å². The molecule has 16 heavy (non-hydrogen) atoms. The van der Waals surface area contributed by atoms with Gasteiger partial charge in [-0.25, -0.2) is 4.79 Å². The quantitative estimate of drug-likeness (QED) is 0.635. The Labute approximate surface area is 101 Å². The van der Waals surface area contributed by atoms with E-state index in [1.54, 1.807) is 0 Å². The molecule has 0 aromatic carbocycles. The Hall–Kier alpha value is -0.730. The van der Waals surface area contributed by atoms with Crippen LogP contribution in [0.3, 0.4) is 0 Å². The maximum Gasteiger partial charge on any atom is 0.317 e. The van der Waals surface area contributed by atoms with Gasteiger partial charge in [0.2, 0.25) is 0 Å². The number of nitrogens with one attached hydrogen (secondary N) is 1. The number of hydrogen-bond acceptors (Lipinski definition) is 1. The van der Waals surface area contributed by atoms with Gasteiger partial charge >= 0.3 is 6.03 Å². The predicted molar refractivity (Wildman–Crippen MR) is 69.6 cm³/mol. The number of nitrogens with zero attached hydrogens (tertiary/aromatic N) is 1. The van der Waals surface area contributed by atoms with Crippen LogP contribution in [-0.4, -0.2) is 30.6 Å². The fraction of sp³-hybridized carbons (Fsp3) is 0.923. The van der Waals surface area contributed by atoms with Gasteiger partial charge in [-0.15, -0.1) is 0 Å². The van der Waals surface area contributed by atoms with Gasteiger partial charge in [-0.05, 0) is 31.6 Å². The van der Waals surface area contributed by atoms with Gasteiger partial charge in [0.1, 0.15) is 0 Å². The Morgan fingerprint density at radius 2 is 1.75 bits per heavy atom. The molecule has 0 aliphatic rings. The number of urea groups is 1. The van der Waals surface area contributed by atoms with Gasteiger partial charge in [-0.2, -0.15) is 0 Å². The van der Waals surface area contributed by atoms with Crippen LogP contribution < -0.4 is 5.32 Å². The molecule has 0 radical (unpaired) electrons. The lowest BCUT2D eigenvalue weighted by Crippen LogP contribution is -2.41. The van der Waals surface area contributed by atoms with Gasteiger partial charge < -0.3 is 10.2 Å². The van der Waals surface area contributed by atoms with E-state index >= 15 is 0 Å². The van der Waals surface area contributed by atoms with Gasteiger partial charge in [0.15, 0.2) is 0 Å². The highest BCUT2D eigenvalue weighted by Crippen LogP contribution is 2.02. The SMILES string of the molecule is CCCN(CCC)C(=O)NCCCC(C)C. The van der Waals surface area contributed by atoms with Crippen LogP contribution in [0.1, 0.15) is 53.4 Å². The summed E-state index contributed by atoms with van der Waals surface area (Å²) in [5.41, 5.74) is 0. The minimum Gasteiger partial charge on any atom is -0.338 e. The van der Waals surface area contributed by atoms with E-state index in [1.165, 1.54) is 6.42 Å². The van der Waals surface area contributed by atoms with Crippen LogP contribution in [0, 0.1) is 5.92 Å². The summed E-state index contributed by atoms with van der Waals surface area (Å²) in [6.07, 6.45) is 4.32. The predicted octanol–water partition coefficient (Wildman–Crippen LogP) is 3.25. The molecular weight excluding hydrogens is 200 g/mol. The van der Waals surface area contributed by atoms with Crippen molar-refractivity contribution in [2.45, 2.75) is 53.4 Å². The summed E-state index contributed by atoms with van der Waals surface area (Å²) in [6.45, 7) is 11.2. The lowest BCUT2D eigenvalue weighted by atomic mass is 10.1. The molecule has 96 valence electrons. The zero-order chi connectivity index (χ0) is 12.4. The number of hydrogen-bond donors (Lipinski definition) is 1. The fourth-order valence-electron chi connectivity index (χ4n) is 1.67. The Kier molecular flexibility index (Phi) is 9.06. The third-order valence-corrected chi connectivity index (χ3v) is 2.51. The van der Waals surface area contributed by atoms with E-state index in [2.05, 4.69) is 33.0 Å². The molecule has 0 aliphatic carbocycles. The molecule has 3 nitrogen and oxygen atoms in total. The molecule has 0 aromatic heterocycles. The monoisotopic (exact) mass is 228 g/mol. The fourth-order valence-corrected chi connectivity index (χ4v) is 1.67. The highest BCUT2D eigenvalue weighted by atomic mass is 16.2. The number of carbonyl (C=O) groups excluding carboxylic acids is 1. The lowest BCUT2D eigenvalue weighted by Gasteiger charge is -2.21. The Balaban J connectivity index is 3.73. The lowest BCUT2D eigenvalue weighted by molar-refractivity contribution is 0.197. The van der Waals surface area contributed by atoms with E-state index in [4.69, 9.17) is 0 Å². The first-order valence-electron chi connectivity index (χ1n) is 6.64. The highest BCUT2D eigenvalue weighted by molar-refractivity contribution is 5.74. The molecule has 0 aliphatic heterocycles. The van der Waals surface area contributed by atoms with Crippen LogP contribution >= 0.6 is 0 Å². The zero-order valence-electron chi connectivity index (χ0n) is 11.4. The standard InChI is InChI=1S/C13H28N2O/c1-5-10-15(11-6-2)13(16)14-9-7-8-12(3)4/h12H,5-11H2,1-4H3,(H,14,16). The molecule has 0 atom stereocenters. The summed E-state index contributed by atoms with van der Waals surface area (Å²) < 4.78 is 0. The maximum atomic E-state index is 11.8. The summed E-state index contributed by atoms with van der Waals surface area (Å²) >= 11 is 0. The highest BCUT2D eigenvalue weighted by Gasteiger charge is 2.10. The van der Waals surface area contributed by atoms with Crippen LogP contribution in [0.25, 0.3) is 0 Å². The molecule has 0 unspecified atom stereocenters. The summed E-state index contributed by atoms with van der Waals surface area (Å²) in [5.74, 6) is 0.722. The normalized spacial score (nSPS) is 10.6. The Bertz CT molecular complexity index is 175. The average molecular weight is 228 g/mol. The molecule has 0 fully saturated rings. The third-order valence-electron chi connectivity index (χ3n) is 2.51. The minimum absolute atomic E-state index is 0.104. The van der Waals surface area contributed by atoms with Gasteiger partial charge in [-0.1, -0.05) is 27.7 Å². The smallest absolute Gasteiger partial charge is 0.317 e. The van der Waals surface area contributed by atoms with Crippen molar-refractivity contribution in [1.29, 1.82) is 0 Å².